The molecule has 2 atom stereocenters. The lowest BCUT2D eigenvalue weighted by molar-refractivity contribution is -0.151. The number of ether oxygens (including phenoxy) is 3. The van der Waals surface area contributed by atoms with E-state index < -0.39 is 12.0 Å². The van der Waals surface area contributed by atoms with Crippen molar-refractivity contribution in [1.82, 2.24) is 4.90 Å². The highest BCUT2D eigenvalue weighted by Crippen LogP contribution is 2.46. The maximum absolute atomic E-state index is 13.2. The van der Waals surface area contributed by atoms with Crippen molar-refractivity contribution in [3.8, 4) is 5.75 Å². The zero-order valence-corrected chi connectivity index (χ0v) is 20.1. The quantitative estimate of drug-likeness (QED) is 0.438. The molecule has 7 nitrogen and oxygen atoms in total. The Morgan fingerprint density at radius 3 is 2.68 bits per heavy atom. The van der Waals surface area contributed by atoms with Gasteiger partial charge in [0.25, 0.3) is 0 Å². The van der Waals surface area contributed by atoms with Crippen LogP contribution in [-0.4, -0.2) is 48.2 Å². The number of β-lactam (4-membered cyclic amide) rings is 1. The second-order valence-electron chi connectivity index (χ2n) is 7.00. The summed E-state index contributed by atoms with van der Waals surface area (Å²) < 4.78 is 17.0. The number of amides is 1. The molecule has 1 aromatic heterocycles. The van der Waals surface area contributed by atoms with E-state index >= 15 is 0 Å². The maximum atomic E-state index is 13.2. The Hall–Kier alpha value is -1.85. The third-order valence-corrected chi connectivity index (χ3v) is 8.32. The number of thioether (sulfide) groups is 1. The smallest absolute Gasteiger partial charge is 0.355 e. The number of carbonyl (C=O) groups is 2. The zero-order chi connectivity index (χ0) is 22.1. The molecule has 2 aliphatic heterocycles. The third-order valence-electron chi connectivity index (χ3n) is 5.13. The van der Waals surface area contributed by atoms with Gasteiger partial charge in [-0.1, -0.05) is 12.1 Å². The van der Waals surface area contributed by atoms with Crippen molar-refractivity contribution in [3.05, 3.63) is 55.8 Å². The summed E-state index contributed by atoms with van der Waals surface area (Å²) in [6.07, 6.45) is 0. The monoisotopic (exact) mass is 524 g/mol. The van der Waals surface area contributed by atoms with Gasteiger partial charge in [-0.3, -0.25) is 9.69 Å². The molecule has 0 spiro atoms. The van der Waals surface area contributed by atoms with Crippen LogP contribution in [0.4, 0.5) is 0 Å². The Kier molecular flexibility index (Phi) is 6.73. The number of methoxy groups -OCH3 is 2. The molecule has 0 radical (unpaired) electrons. The molecule has 4 rings (SSSR count). The van der Waals surface area contributed by atoms with Crippen molar-refractivity contribution >= 4 is 56.5 Å². The summed E-state index contributed by atoms with van der Waals surface area (Å²) >= 11 is 6.67. The van der Waals surface area contributed by atoms with Crippen molar-refractivity contribution in [3.63, 3.8) is 0 Å². The van der Waals surface area contributed by atoms with Crippen LogP contribution in [0.1, 0.15) is 16.0 Å². The molecule has 10 heteroatoms. The molecule has 2 aliphatic rings. The van der Waals surface area contributed by atoms with Gasteiger partial charge in [0.2, 0.25) is 5.91 Å². The minimum Gasteiger partial charge on any atom is -0.497 e. The van der Waals surface area contributed by atoms with Crippen molar-refractivity contribution in [2.24, 2.45) is 5.73 Å². The Morgan fingerprint density at radius 1 is 1.26 bits per heavy atom. The van der Waals surface area contributed by atoms with Crippen LogP contribution in [0, 0.1) is 0 Å². The number of benzene rings is 1. The molecule has 1 aromatic carbocycles. The number of thiophene rings is 1. The molecule has 1 amide bonds. The number of esters is 1. The lowest BCUT2D eigenvalue weighted by atomic mass is 9.99. The SMILES string of the molecule is COCc1scc(Br)c1C1=C(C(=O)OCc2ccc(OC)cc2)N2C(=O)[C@@H](N)[C@@H]2SC1. The van der Waals surface area contributed by atoms with Gasteiger partial charge in [-0.2, -0.15) is 0 Å². The summed E-state index contributed by atoms with van der Waals surface area (Å²) in [5, 5.41) is 1.69. The van der Waals surface area contributed by atoms with Gasteiger partial charge in [0.05, 0.1) is 13.7 Å². The highest BCUT2D eigenvalue weighted by Gasteiger charge is 2.52. The molecule has 164 valence electrons. The van der Waals surface area contributed by atoms with E-state index in [1.165, 1.54) is 16.2 Å². The molecule has 0 bridgehead atoms. The number of fused-ring (bicyclic) bond motifs is 1. The zero-order valence-electron chi connectivity index (χ0n) is 16.9. The standard InChI is InChI=1S/C21H21BrN2O5S2/c1-27-8-15-16(14(22)10-30-15)13-9-31-20-17(23)19(25)24(20)18(13)21(26)29-7-11-3-5-12(28-2)6-4-11/h3-6,10,17,20H,7-9,23H2,1-2H3/t17-,20+/m1/s1. The van der Waals surface area contributed by atoms with Gasteiger partial charge in [-0.05, 0) is 33.6 Å². The second-order valence-corrected chi connectivity index (χ2v) is 9.93. The van der Waals surface area contributed by atoms with Crippen molar-refractivity contribution in [2.75, 3.05) is 20.0 Å². The first kappa shape index (κ1) is 22.3. The molecule has 1 saturated heterocycles. The fourth-order valence-corrected chi connectivity index (χ4v) is 6.65. The van der Waals surface area contributed by atoms with Crippen LogP contribution < -0.4 is 10.5 Å². The van der Waals surface area contributed by atoms with E-state index in [0.717, 1.165) is 31.8 Å². The number of hydrogen-bond donors (Lipinski definition) is 1. The Morgan fingerprint density at radius 2 is 2.00 bits per heavy atom. The van der Waals surface area contributed by atoms with Gasteiger partial charge in [0.1, 0.15) is 29.5 Å². The first-order valence-electron chi connectivity index (χ1n) is 9.44. The van der Waals surface area contributed by atoms with Crippen molar-refractivity contribution in [2.45, 2.75) is 24.6 Å². The summed E-state index contributed by atoms with van der Waals surface area (Å²) in [6, 6.07) is 6.66. The van der Waals surface area contributed by atoms with Gasteiger partial charge >= 0.3 is 5.97 Å². The van der Waals surface area contributed by atoms with E-state index in [-0.39, 0.29) is 23.6 Å². The molecular weight excluding hydrogens is 504 g/mol. The predicted octanol–water partition coefficient (Wildman–Crippen LogP) is 3.36. The van der Waals surface area contributed by atoms with Crippen LogP contribution in [0.2, 0.25) is 0 Å². The molecule has 2 N–H and O–H groups in total. The van der Waals surface area contributed by atoms with E-state index in [1.54, 1.807) is 38.1 Å². The summed E-state index contributed by atoms with van der Waals surface area (Å²) in [6.45, 7) is 0.492. The summed E-state index contributed by atoms with van der Waals surface area (Å²) in [7, 11) is 3.22. The van der Waals surface area contributed by atoms with E-state index in [4.69, 9.17) is 19.9 Å². The van der Waals surface area contributed by atoms with Crippen LogP contribution >= 0.6 is 39.0 Å². The lowest BCUT2D eigenvalue weighted by Crippen LogP contribution is -2.68. The minimum atomic E-state index is -0.611. The average molecular weight is 525 g/mol. The molecule has 0 saturated carbocycles. The van der Waals surface area contributed by atoms with E-state index in [2.05, 4.69) is 15.9 Å². The van der Waals surface area contributed by atoms with Crippen molar-refractivity contribution < 1.29 is 23.8 Å². The highest BCUT2D eigenvalue weighted by atomic mass is 79.9. The van der Waals surface area contributed by atoms with E-state index in [9.17, 15) is 9.59 Å². The number of nitrogens with two attached hydrogens (primary N) is 1. The topological polar surface area (TPSA) is 91.1 Å². The number of rotatable bonds is 7. The first-order chi connectivity index (χ1) is 15.0. The summed E-state index contributed by atoms with van der Waals surface area (Å²) in [4.78, 5) is 28.2. The van der Waals surface area contributed by atoms with E-state index in [1.807, 2.05) is 17.5 Å². The van der Waals surface area contributed by atoms with Crippen LogP contribution in [-0.2, 0) is 32.3 Å². The minimum absolute atomic E-state index is 0.0846. The molecule has 31 heavy (non-hydrogen) atoms. The van der Waals surface area contributed by atoms with Gasteiger partial charge in [-0.25, -0.2) is 4.79 Å². The van der Waals surface area contributed by atoms with Gasteiger partial charge < -0.3 is 19.9 Å². The number of nitrogens with zero attached hydrogens (tertiary/aromatic N) is 1. The van der Waals surface area contributed by atoms with E-state index in [0.29, 0.717) is 12.4 Å². The number of halogens is 1. The molecule has 0 aliphatic carbocycles. The van der Waals surface area contributed by atoms with Crippen LogP contribution in [0.25, 0.3) is 5.57 Å². The fraction of sp³-hybridized carbons (Fsp3) is 0.333. The molecule has 1 fully saturated rings. The first-order valence-corrected chi connectivity index (χ1v) is 12.2. The van der Waals surface area contributed by atoms with Crippen LogP contribution in [0.5, 0.6) is 5.75 Å². The highest BCUT2D eigenvalue weighted by molar-refractivity contribution is 9.10. The fourth-order valence-electron chi connectivity index (χ4n) is 3.56. The number of carbonyl (C=O) groups excluding carboxylic acids is 2. The summed E-state index contributed by atoms with van der Waals surface area (Å²) in [5.41, 5.74) is 8.69. The van der Waals surface area contributed by atoms with Gasteiger partial charge in [-0.15, -0.1) is 23.1 Å². The largest absolute Gasteiger partial charge is 0.497 e. The van der Waals surface area contributed by atoms with Gasteiger partial charge in [0.15, 0.2) is 0 Å². The van der Waals surface area contributed by atoms with Crippen LogP contribution in [0.15, 0.2) is 39.8 Å². The normalized spacial score (nSPS) is 20.4. The predicted molar refractivity (Wildman–Crippen MR) is 124 cm³/mol. The average Bonchev–Trinajstić information content (AvgIpc) is 3.16. The lowest BCUT2D eigenvalue weighted by Gasteiger charge is -2.48. The Balaban J connectivity index is 1.67. The Labute approximate surface area is 196 Å². The molecular formula is C21H21BrN2O5S2. The summed E-state index contributed by atoms with van der Waals surface area (Å²) in [5.74, 6) is 0.449. The van der Waals surface area contributed by atoms with Gasteiger partial charge in [0, 0.05) is 38.7 Å². The second kappa shape index (κ2) is 9.33. The molecule has 0 unspecified atom stereocenters. The Bertz CT molecular complexity index is 1040. The third kappa shape index (κ3) is 4.14. The van der Waals surface area contributed by atoms with Crippen LogP contribution in [0.3, 0.4) is 0 Å². The van der Waals surface area contributed by atoms with Crippen molar-refractivity contribution in [1.29, 1.82) is 0 Å². The molecule has 2 aromatic rings. The number of hydrogen-bond acceptors (Lipinski definition) is 8. The maximum Gasteiger partial charge on any atom is 0.355 e. The molecule has 3 heterocycles.